The van der Waals surface area contributed by atoms with Gasteiger partial charge in [-0.3, -0.25) is 19.2 Å². The molecule has 10 nitrogen and oxygen atoms in total. The summed E-state index contributed by atoms with van der Waals surface area (Å²) in [5.74, 6) is -1.89. The summed E-state index contributed by atoms with van der Waals surface area (Å²) in [6.07, 6.45) is 3.99. The van der Waals surface area contributed by atoms with E-state index in [-0.39, 0.29) is 25.2 Å². The van der Waals surface area contributed by atoms with Crippen molar-refractivity contribution in [1.82, 2.24) is 25.9 Å². The minimum atomic E-state index is -0.973. The van der Waals surface area contributed by atoms with Crippen LogP contribution in [-0.4, -0.2) is 51.7 Å². The SMILES string of the molecule is NC(=O)[C@H](Cc1cnc[nH]1)NC(=O)[C@H](Cc1ccccc1)NC(=O)[C@@H]1CCC(=O)N1. The van der Waals surface area contributed by atoms with E-state index in [9.17, 15) is 19.2 Å². The van der Waals surface area contributed by atoms with Crippen molar-refractivity contribution in [1.29, 1.82) is 0 Å². The number of primary amides is 1. The maximum Gasteiger partial charge on any atom is 0.243 e. The summed E-state index contributed by atoms with van der Waals surface area (Å²) in [5, 5.41) is 7.89. The normalized spacial score (nSPS) is 17.6. The number of nitrogens with two attached hydrogens (primary N) is 1. The lowest BCUT2D eigenvalue weighted by Crippen LogP contribution is -2.56. The molecule has 0 radical (unpaired) electrons. The van der Waals surface area contributed by atoms with E-state index in [2.05, 4.69) is 25.9 Å². The van der Waals surface area contributed by atoms with E-state index >= 15 is 0 Å². The molecular weight excluding hydrogens is 388 g/mol. The molecule has 4 amide bonds. The topological polar surface area (TPSA) is 159 Å². The first-order chi connectivity index (χ1) is 14.4. The predicted octanol–water partition coefficient (Wildman–Crippen LogP) is -1.07. The molecular formula is C20H24N6O4. The molecule has 1 saturated heterocycles. The Balaban J connectivity index is 1.71. The second kappa shape index (κ2) is 9.68. The van der Waals surface area contributed by atoms with Gasteiger partial charge in [-0.05, 0) is 12.0 Å². The van der Waals surface area contributed by atoms with Crippen molar-refractivity contribution in [3.05, 3.63) is 54.1 Å². The number of nitrogens with one attached hydrogen (secondary N) is 4. The van der Waals surface area contributed by atoms with Gasteiger partial charge in [-0.25, -0.2) is 4.98 Å². The maximum atomic E-state index is 13.0. The van der Waals surface area contributed by atoms with Crippen molar-refractivity contribution in [2.45, 2.75) is 43.8 Å². The maximum absolute atomic E-state index is 13.0. The number of rotatable bonds is 9. The Morgan fingerprint density at radius 1 is 1.13 bits per heavy atom. The number of aromatic amines is 1. The average Bonchev–Trinajstić information content (AvgIpc) is 3.39. The Hall–Kier alpha value is -3.69. The van der Waals surface area contributed by atoms with Gasteiger partial charge in [-0.15, -0.1) is 0 Å². The number of hydrogen-bond acceptors (Lipinski definition) is 5. The lowest BCUT2D eigenvalue weighted by molar-refractivity contribution is -0.132. The summed E-state index contributed by atoms with van der Waals surface area (Å²) in [6.45, 7) is 0. The Morgan fingerprint density at radius 3 is 2.50 bits per heavy atom. The van der Waals surface area contributed by atoms with Crippen LogP contribution in [0.2, 0.25) is 0 Å². The zero-order valence-electron chi connectivity index (χ0n) is 16.3. The van der Waals surface area contributed by atoms with Gasteiger partial charge in [0.1, 0.15) is 18.1 Å². The van der Waals surface area contributed by atoms with Crippen molar-refractivity contribution in [2.75, 3.05) is 0 Å². The van der Waals surface area contributed by atoms with E-state index in [1.807, 2.05) is 30.3 Å². The van der Waals surface area contributed by atoms with Gasteiger partial charge < -0.3 is 26.7 Å². The van der Waals surface area contributed by atoms with Crippen LogP contribution in [0.4, 0.5) is 0 Å². The summed E-state index contributed by atoms with van der Waals surface area (Å²) >= 11 is 0. The fourth-order valence-electron chi connectivity index (χ4n) is 3.25. The van der Waals surface area contributed by atoms with Crippen molar-refractivity contribution < 1.29 is 19.2 Å². The molecule has 10 heteroatoms. The van der Waals surface area contributed by atoms with E-state index in [1.54, 1.807) is 0 Å². The van der Waals surface area contributed by atoms with Crippen LogP contribution in [-0.2, 0) is 32.0 Å². The van der Waals surface area contributed by atoms with Crippen molar-refractivity contribution in [2.24, 2.45) is 5.73 Å². The van der Waals surface area contributed by atoms with E-state index in [0.717, 1.165) is 5.56 Å². The Kier molecular flexibility index (Phi) is 6.79. The minimum absolute atomic E-state index is 0.145. The third kappa shape index (κ3) is 5.66. The molecule has 0 saturated carbocycles. The number of nitrogens with zero attached hydrogens (tertiary/aromatic N) is 1. The molecule has 0 aliphatic carbocycles. The smallest absolute Gasteiger partial charge is 0.243 e. The first-order valence-electron chi connectivity index (χ1n) is 9.63. The number of carbonyl (C=O) groups excluding carboxylic acids is 4. The number of carbonyl (C=O) groups is 4. The standard InChI is InChI=1S/C20H24N6O4/c21-18(28)15(9-13-10-22-11-23-13)25-20(30)16(8-12-4-2-1-3-5-12)26-19(29)14-6-7-17(27)24-14/h1-5,10-11,14-16H,6-9H2,(H2,21,28)(H,22,23)(H,24,27)(H,25,30)(H,26,29)/t14-,15-,16-/m0/s1. The van der Waals surface area contributed by atoms with Crippen LogP contribution < -0.4 is 21.7 Å². The van der Waals surface area contributed by atoms with Crippen LogP contribution in [0.5, 0.6) is 0 Å². The largest absolute Gasteiger partial charge is 0.368 e. The monoisotopic (exact) mass is 412 g/mol. The summed E-state index contributed by atoms with van der Waals surface area (Å²) in [7, 11) is 0. The van der Waals surface area contributed by atoms with E-state index in [1.165, 1.54) is 12.5 Å². The van der Waals surface area contributed by atoms with Crippen LogP contribution >= 0.6 is 0 Å². The van der Waals surface area contributed by atoms with Crippen molar-refractivity contribution in [3.63, 3.8) is 0 Å². The molecule has 0 bridgehead atoms. The summed E-state index contributed by atoms with van der Waals surface area (Å²) in [6, 6.07) is 6.57. The van der Waals surface area contributed by atoms with Gasteiger partial charge in [0.25, 0.3) is 0 Å². The predicted molar refractivity (Wildman–Crippen MR) is 107 cm³/mol. The third-order valence-electron chi connectivity index (χ3n) is 4.87. The van der Waals surface area contributed by atoms with Crippen LogP contribution in [0.15, 0.2) is 42.9 Å². The van der Waals surface area contributed by atoms with Gasteiger partial charge in [0.2, 0.25) is 23.6 Å². The zero-order valence-corrected chi connectivity index (χ0v) is 16.3. The van der Waals surface area contributed by atoms with Gasteiger partial charge in [0.05, 0.1) is 6.33 Å². The van der Waals surface area contributed by atoms with Crippen LogP contribution in [0.1, 0.15) is 24.1 Å². The molecule has 3 atom stereocenters. The average molecular weight is 412 g/mol. The third-order valence-corrected chi connectivity index (χ3v) is 4.87. The molecule has 3 rings (SSSR count). The van der Waals surface area contributed by atoms with Crippen LogP contribution in [0.3, 0.4) is 0 Å². The molecule has 6 N–H and O–H groups in total. The number of aromatic nitrogens is 2. The van der Waals surface area contributed by atoms with Crippen molar-refractivity contribution >= 4 is 23.6 Å². The summed E-state index contributed by atoms with van der Waals surface area (Å²) < 4.78 is 0. The number of benzene rings is 1. The number of imidazole rings is 1. The molecule has 1 aliphatic rings. The van der Waals surface area contributed by atoms with E-state index in [4.69, 9.17) is 5.73 Å². The fraction of sp³-hybridized carbons (Fsp3) is 0.350. The number of hydrogen-bond donors (Lipinski definition) is 5. The number of amides is 4. The van der Waals surface area contributed by atoms with Gasteiger partial charge in [-0.2, -0.15) is 0 Å². The molecule has 0 unspecified atom stereocenters. The lowest BCUT2D eigenvalue weighted by Gasteiger charge is -2.23. The quantitative estimate of drug-likeness (QED) is 0.354. The van der Waals surface area contributed by atoms with Gasteiger partial charge in [-0.1, -0.05) is 30.3 Å². The molecule has 1 aromatic heterocycles. The highest BCUT2D eigenvalue weighted by molar-refractivity contribution is 5.95. The molecule has 0 spiro atoms. The zero-order chi connectivity index (χ0) is 21.5. The van der Waals surface area contributed by atoms with Gasteiger partial charge in [0, 0.05) is 31.2 Å². The van der Waals surface area contributed by atoms with Gasteiger partial charge in [0.15, 0.2) is 0 Å². The molecule has 1 fully saturated rings. The number of H-pyrrole nitrogens is 1. The fourth-order valence-corrected chi connectivity index (χ4v) is 3.25. The molecule has 2 heterocycles. The van der Waals surface area contributed by atoms with Crippen molar-refractivity contribution in [3.8, 4) is 0 Å². The first kappa shape index (κ1) is 21.0. The highest BCUT2D eigenvalue weighted by atomic mass is 16.2. The van der Waals surface area contributed by atoms with Crippen LogP contribution in [0.25, 0.3) is 0 Å². The van der Waals surface area contributed by atoms with E-state index < -0.39 is 35.8 Å². The Bertz CT molecular complexity index is 899. The first-order valence-corrected chi connectivity index (χ1v) is 9.63. The second-order valence-electron chi connectivity index (χ2n) is 7.15. The Labute approximate surface area is 173 Å². The van der Waals surface area contributed by atoms with E-state index in [0.29, 0.717) is 12.1 Å². The lowest BCUT2D eigenvalue weighted by atomic mass is 10.0. The summed E-state index contributed by atoms with van der Waals surface area (Å²) in [5.41, 5.74) is 6.91. The molecule has 30 heavy (non-hydrogen) atoms. The molecule has 1 aliphatic heterocycles. The molecule has 1 aromatic carbocycles. The Morgan fingerprint density at radius 2 is 1.90 bits per heavy atom. The van der Waals surface area contributed by atoms with Gasteiger partial charge >= 0.3 is 0 Å². The summed E-state index contributed by atoms with van der Waals surface area (Å²) in [4.78, 5) is 55.5. The highest BCUT2D eigenvalue weighted by Gasteiger charge is 2.31. The molecule has 158 valence electrons. The highest BCUT2D eigenvalue weighted by Crippen LogP contribution is 2.09. The second-order valence-corrected chi connectivity index (χ2v) is 7.15. The van der Waals surface area contributed by atoms with Crippen LogP contribution in [0, 0.1) is 0 Å². The minimum Gasteiger partial charge on any atom is -0.368 e. The molecule has 2 aromatic rings.